The molecule has 0 aliphatic heterocycles. The van der Waals surface area contributed by atoms with Crippen molar-refractivity contribution >= 4 is 6.08 Å². The Morgan fingerprint density at radius 1 is 0.960 bits per heavy atom. The van der Waals surface area contributed by atoms with Gasteiger partial charge in [0.05, 0.1) is 6.61 Å². The van der Waals surface area contributed by atoms with E-state index in [1.807, 2.05) is 54.6 Å². The molecule has 0 spiro atoms. The van der Waals surface area contributed by atoms with Crippen molar-refractivity contribution in [2.45, 2.75) is 46.5 Å². The summed E-state index contributed by atoms with van der Waals surface area (Å²) in [6.07, 6.45) is 10.4. The minimum Gasteiger partial charge on any atom is -0.494 e. The van der Waals surface area contributed by atoms with E-state index in [0.29, 0.717) is 0 Å². The molecule has 0 fully saturated rings. The third-order valence-electron chi connectivity index (χ3n) is 4.36. The van der Waals surface area contributed by atoms with Crippen molar-refractivity contribution < 1.29 is 4.74 Å². The molecule has 2 aromatic rings. The van der Waals surface area contributed by atoms with Crippen LogP contribution in [-0.2, 0) is 0 Å². The van der Waals surface area contributed by atoms with Gasteiger partial charge in [-0.2, -0.15) is 0 Å². The molecule has 0 saturated carbocycles. The van der Waals surface area contributed by atoms with Gasteiger partial charge in [-0.1, -0.05) is 76.4 Å². The molecule has 0 aliphatic rings. The maximum Gasteiger partial charge on any atom is 0.119 e. The van der Waals surface area contributed by atoms with Crippen LogP contribution in [0, 0.1) is 24.0 Å². The number of hydrogen-bond donors (Lipinski definition) is 0. The first-order chi connectivity index (χ1) is 12.1. The fraction of sp³-hybridized carbons (Fsp3) is 0.417. The van der Waals surface area contributed by atoms with E-state index in [0.717, 1.165) is 41.7 Å². The molecular weight excluding hydrogens is 304 g/mol. The lowest BCUT2D eigenvalue weighted by Gasteiger charge is -2.13. The van der Waals surface area contributed by atoms with E-state index >= 15 is 0 Å². The van der Waals surface area contributed by atoms with Crippen LogP contribution in [0.1, 0.15) is 57.6 Å². The molecule has 1 heteroatoms. The fourth-order valence-corrected chi connectivity index (χ4v) is 2.71. The standard InChI is InChI=1S/C24H30O/c1-20(2)8-7-9-21(3)18-19-25-24-16-14-23(15-17-24)13-12-22-10-5-4-6-11-22/h5-6,10-12,14-17,20-21H,7-9,18-19H2,1-3H3. The van der Waals surface area contributed by atoms with E-state index in [4.69, 9.17) is 4.74 Å². The van der Waals surface area contributed by atoms with Gasteiger partial charge in [-0.3, -0.25) is 0 Å². The van der Waals surface area contributed by atoms with E-state index in [1.54, 1.807) is 0 Å². The lowest BCUT2D eigenvalue weighted by atomic mass is 9.98. The highest BCUT2D eigenvalue weighted by Gasteiger charge is 2.04. The van der Waals surface area contributed by atoms with Crippen LogP contribution in [0.15, 0.2) is 48.5 Å². The Hall–Kier alpha value is -2.02. The summed E-state index contributed by atoms with van der Waals surface area (Å²) in [6, 6.07) is 19.0. The topological polar surface area (TPSA) is 9.23 Å². The average Bonchev–Trinajstić information content (AvgIpc) is 2.61. The third-order valence-corrected chi connectivity index (χ3v) is 4.36. The van der Waals surface area contributed by atoms with Crippen molar-refractivity contribution in [3.05, 3.63) is 71.8 Å². The van der Waals surface area contributed by atoms with Gasteiger partial charge in [-0.25, -0.2) is 0 Å². The monoisotopic (exact) mass is 334 g/mol. The third kappa shape index (κ3) is 8.07. The van der Waals surface area contributed by atoms with Crippen LogP contribution in [0.3, 0.4) is 0 Å². The van der Waals surface area contributed by atoms with Crippen LogP contribution < -0.4 is 4.74 Å². The van der Waals surface area contributed by atoms with Crippen molar-refractivity contribution in [2.24, 2.45) is 11.8 Å². The van der Waals surface area contributed by atoms with E-state index < -0.39 is 0 Å². The molecule has 0 N–H and O–H groups in total. The van der Waals surface area contributed by atoms with E-state index in [2.05, 4.69) is 32.9 Å². The molecule has 2 aromatic carbocycles. The summed E-state index contributed by atoms with van der Waals surface area (Å²) in [5.41, 5.74) is 2.19. The second-order valence-electron chi connectivity index (χ2n) is 7.21. The van der Waals surface area contributed by atoms with Crippen LogP contribution in [0.25, 0.3) is 6.08 Å². The first-order valence-corrected chi connectivity index (χ1v) is 9.42. The molecule has 1 unspecified atom stereocenters. The van der Waals surface area contributed by atoms with Gasteiger partial charge in [-0.15, -0.1) is 0 Å². The molecule has 0 aromatic heterocycles. The molecule has 0 heterocycles. The number of hydrogen-bond acceptors (Lipinski definition) is 1. The molecule has 0 aliphatic carbocycles. The Morgan fingerprint density at radius 3 is 2.36 bits per heavy atom. The second kappa shape index (κ2) is 10.8. The van der Waals surface area contributed by atoms with Crippen LogP contribution >= 0.6 is 0 Å². The summed E-state index contributed by atoms with van der Waals surface area (Å²) in [4.78, 5) is 0. The average molecular weight is 335 g/mol. The number of rotatable bonds is 10. The summed E-state index contributed by atoms with van der Waals surface area (Å²) >= 11 is 0. The lowest BCUT2D eigenvalue weighted by Crippen LogP contribution is -2.04. The largest absolute Gasteiger partial charge is 0.494 e. The first-order valence-electron chi connectivity index (χ1n) is 9.42. The van der Waals surface area contributed by atoms with Crippen molar-refractivity contribution in [2.75, 3.05) is 6.61 Å². The fourth-order valence-electron chi connectivity index (χ4n) is 2.71. The minimum atomic E-state index is 0.734. The van der Waals surface area contributed by atoms with Crippen molar-refractivity contribution in [3.63, 3.8) is 0 Å². The predicted octanol–water partition coefficient (Wildman–Crippen LogP) is 6.58. The molecule has 132 valence electrons. The maximum atomic E-state index is 5.88. The molecule has 2 radical (unpaired) electrons. The Bertz CT molecular complexity index is 610. The van der Waals surface area contributed by atoms with Gasteiger partial charge >= 0.3 is 0 Å². The van der Waals surface area contributed by atoms with Crippen LogP contribution in [0.2, 0.25) is 0 Å². The normalized spacial score (nSPS) is 12.6. The lowest BCUT2D eigenvalue weighted by molar-refractivity contribution is 0.275. The summed E-state index contributed by atoms with van der Waals surface area (Å²) < 4.78 is 5.88. The van der Waals surface area contributed by atoms with Crippen molar-refractivity contribution in [1.82, 2.24) is 0 Å². The number of ether oxygens (including phenoxy) is 1. The van der Waals surface area contributed by atoms with E-state index in [1.165, 1.54) is 19.3 Å². The Morgan fingerprint density at radius 2 is 1.68 bits per heavy atom. The molecule has 1 nitrogen and oxygen atoms in total. The number of benzene rings is 2. The molecular formula is C24H30O. The summed E-state index contributed by atoms with van der Waals surface area (Å²) in [7, 11) is 0. The van der Waals surface area contributed by atoms with Gasteiger partial charge in [0.15, 0.2) is 0 Å². The van der Waals surface area contributed by atoms with Gasteiger partial charge in [0.1, 0.15) is 5.75 Å². The van der Waals surface area contributed by atoms with Crippen molar-refractivity contribution in [1.29, 1.82) is 0 Å². The summed E-state index contributed by atoms with van der Waals surface area (Å²) in [5, 5.41) is 0. The van der Waals surface area contributed by atoms with E-state index in [-0.39, 0.29) is 0 Å². The minimum absolute atomic E-state index is 0.734. The molecule has 0 saturated heterocycles. The highest BCUT2D eigenvalue weighted by Crippen LogP contribution is 2.17. The molecule has 0 bridgehead atoms. The summed E-state index contributed by atoms with van der Waals surface area (Å²) in [6.45, 7) is 7.71. The SMILES string of the molecule is CC(C)CCCC(C)CCOc1ccc([C]=Cc2cc[c]cc2)cc1. The first kappa shape index (κ1) is 19.3. The predicted molar refractivity (Wildman–Crippen MR) is 106 cm³/mol. The highest BCUT2D eigenvalue weighted by molar-refractivity contribution is 5.50. The van der Waals surface area contributed by atoms with Gasteiger partial charge in [0.2, 0.25) is 0 Å². The Kier molecular flexibility index (Phi) is 8.31. The van der Waals surface area contributed by atoms with Gasteiger partial charge < -0.3 is 4.74 Å². The van der Waals surface area contributed by atoms with Gasteiger partial charge in [-0.05, 0) is 59.7 Å². The van der Waals surface area contributed by atoms with Crippen LogP contribution in [-0.4, -0.2) is 6.61 Å². The van der Waals surface area contributed by atoms with E-state index in [9.17, 15) is 0 Å². The molecule has 1 atom stereocenters. The Labute approximate surface area is 153 Å². The van der Waals surface area contributed by atoms with Crippen LogP contribution in [0.5, 0.6) is 5.75 Å². The smallest absolute Gasteiger partial charge is 0.119 e. The summed E-state index contributed by atoms with van der Waals surface area (Å²) in [5.74, 6) is 2.49. The zero-order valence-electron chi connectivity index (χ0n) is 15.8. The highest BCUT2D eigenvalue weighted by atomic mass is 16.5. The van der Waals surface area contributed by atoms with Crippen molar-refractivity contribution in [3.8, 4) is 5.75 Å². The zero-order valence-corrected chi connectivity index (χ0v) is 15.8. The molecule has 0 amide bonds. The van der Waals surface area contributed by atoms with Gasteiger partial charge in [0.25, 0.3) is 0 Å². The molecule has 2 rings (SSSR count). The zero-order chi connectivity index (χ0) is 17.9. The van der Waals surface area contributed by atoms with Crippen LogP contribution in [0.4, 0.5) is 0 Å². The second-order valence-corrected chi connectivity index (χ2v) is 7.21. The Balaban J connectivity index is 1.70. The van der Waals surface area contributed by atoms with Gasteiger partial charge in [0, 0.05) is 0 Å². The quantitative estimate of drug-likeness (QED) is 0.446. The molecule has 25 heavy (non-hydrogen) atoms. The maximum absolute atomic E-state index is 5.88.